The molecule has 1 N–H and O–H groups in total. The summed E-state index contributed by atoms with van der Waals surface area (Å²) in [4.78, 5) is 0. The summed E-state index contributed by atoms with van der Waals surface area (Å²) in [5, 5.41) is 3.42. The first-order valence-electron chi connectivity index (χ1n) is 5.65. The van der Waals surface area contributed by atoms with Crippen molar-refractivity contribution in [1.29, 1.82) is 0 Å². The van der Waals surface area contributed by atoms with E-state index in [0.29, 0.717) is 0 Å². The number of hydrogen-bond acceptors (Lipinski definition) is 1. The number of rotatable bonds is 2. The lowest BCUT2D eigenvalue weighted by Crippen LogP contribution is -2.16. The predicted octanol–water partition coefficient (Wildman–Crippen LogP) is 3.61. The molecule has 0 saturated carbocycles. The fraction of sp³-hybridized carbons (Fsp3) is 0.200. The van der Waals surface area contributed by atoms with E-state index >= 15 is 0 Å². The van der Waals surface area contributed by atoms with Crippen molar-refractivity contribution < 1.29 is 0 Å². The fourth-order valence-electron chi connectivity index (χ4n) is 1.90. The minimum atomic E-state index is 0.918. The zero-order valence-electron chi connectivity index (χ0n) is 9.83. The van der Waals surface area contributed by atoms with E-state index in [4.69, 9.17) is 0 Å². The molecule has 16 heavy (non-hydrogen) atoms. The average Bonchev–Trinajstić information content (AvgIpc) is 2.30. The lowest BCUT2D eigenvalue weighted by atomic mass is 10.0. The molecule has 1 nitrogen and oxygen atoms in total. The topological polar surface area (TPSA) is 12.0 Å². The average molecular weight is 211 g/mol. The second kappa shape index (κ2) is 4.84. The van der Waals surface area contributed by atoms with Crippen molar-refractivity contribution in [2.24, 2.45) is 0 Å². The molecule has 0 atom stereocenters. The van der Waals surface area contributed by atoms with Gasteiger partial charge < -0.3 is 5.32 Å². The van der Waals surface area contributed by atoms with Gasteiger partial charge in [-0.25, -0.2) is 0 Å². The van der Waals surface area contributed by atoms with Gasteiger partial charge in [-0.05, 0) is 25.5 Å². The molecule has 0 bridgehead atoms. The highest BCUT2D eigenvalue weighted by atomic mass is 14.9. The highest BCUT2D eigenvalue weighted by molar-refractivity contribution is 5.75. The van der Waals surface area contributed by atoms with Crippen LogP contribution >= 0.6 is 0 Å². The van der Waals surface area contributed by atoms with Crippen molar-refractivity contribution in [3.63, 3.8) is 0 Å². The van der Waals surface area contributed by atoms with Crippen LogP contribution < -0.4 is 5.32 Å². The third-order valence-corrected chi connectivity index (χ3v) is 2.69. The van der Waals surface area contributed by atoms with Crippen LogP contribution in [0.5, 0.6) is 0 Å². The van der Waals surface area contributed by atoms with E-state index < -0.39 is 0 Å². The van der Waals surface area contributed by atoms with Crippen molar-refractivity contribution in [3.05, 3.63) is 59.2 Å². The standard InChI is InChI=1S/C15H17N/c1-3-6-13-7-4-5-8-14(13)15-11-12(2)9-10-16-15/h3-9,11,16H,10H2,1-2H3/b6-3+. The Kier molecular flexibility index (Phi) is 3.25. The molecule has 0 saturated heterocycles. The largest absolute Gasteiger partial charge is 0.381 e. The first-order chi connectivity index (χ1) is 7.81. The van der Waals surface area contributed by atoms with E-state index in [1.807, 2.05) is 6.92 Å². The van der Waals surface area contributed by atoms with Crippen LogP contribution in [0.3, 0.4) is 0 Å². The molecule has 0 unspecified atom stereocenters. The Balaban J connectivity index is 2.44. The summed E-state index contributed by atoms with van der Waals surface area (Å²) in [5.74, 6) is 0. The number of allylic oxidation sites excluding steroid dienone is 3. The summed E-state index contributed by atoms with van der Waals surface area (Å²) < 4.78 is 0. The molecule has 2 rings (SSSR count). The minimum Gasteiger partial charge on any atom is -0.381 e. The molecule has 0 spiro atoms. The van der Waals surface area contributed by atoms with Gasteiger partial charge in [0.15, 0.2) is 0 Å². The molecule has 0 radical (unpaired) electrons. The van der Waals surface area contributed by atoms with Gasteiger partial charge in [-0.1, -0.05) is 48.1 Å². The molecule has 1 heterocycles. The van der Waals surface area contributed by atoms with Gasteiger partial charge in [0.25, 0.3) is 0 Å². The zero-order valence-corrected chi connectivity index (χ0v) is 9.83. The monoisotopic (exact) mass is 211 g/mol. The van der Waals surface area contributed by atoms with Crippen LogP contribution in [0.25, 0.3) is 11.8 Å². The predicted molar refractivity (Wildman–Crippen MR) is 70.9 cm³/mol. The Hall–Kier alpha value is -1.76. The van der Waals surface area contributed by atoms with E-state index in [2.05, 4.69) is 60.8 Å². The Bertz CT molecular complexity index is 464. The lowest BCUT2D eigenvalue weighted by molar-refractivity contribution is 0.981. The number of nitrogens with one attached hydrogen (secondary N) is 1. The van der Waals surface area contributed by atoms with Crippen LogP contribution in [0, 0.1) is 0 Å². The number of benzene rings is 1. The molecular weight excluding hydrogens is 194 g/mol. The Morgan fingerprint density at radius 2 is 2.06 bits per heavy atom. The number of dihydropyridines is 1. The van der Waals surface area contributed by atoms with Gasteiger partial charge in [0.05, 0.1) is 0 Å². The highest BCUT2D eigenvalue weighted by Crippen LogP contribution is 2.21. The highest BCUT2D eigenvalue weighted by Gasteiger charge is 2.07. The van der Waals surface area contributed by atoms with Crippen molar-refractivity contribution in [2.45, 2.75) is 13.8 Å². The smallest absolute Gasteiger partial charge is 0.0424 e. The third kappa shape index (κ3) is 2.25. The van der Waals surface area contributed by atoms with Crippen molar-refractivity contribution in [3.8, 4) is 0 Å². The molecule has 1 aliphatic heterocycles. The van der Waals surface area contributed by atoms with Crippen molar-refractivity contribution in [1.82, 2.24) is 5.32 Å². The zero-order chi connectivity index (χ0) is 11.4. The summed E-state index contributed by atoms with van der Waals surface area (Å²) >= 11 is 0. The van der Waals surface area contributed by atoms with Crippen molar-refractivity contribution in [2.75, 3.05) is 6.54 Å². The second-order valence-electron chi connectivity index (χ2n) is 3.97. The SMILES string of the molecule is C/C=C/c1ccccc1C1=CC(C)=CCN1. The van der Waals surface area contributed by atoms with Crippen LogP contribution in [0.1, 0.15) is 25.0 Å². The lowest BCUT2D eigenvalue weighted by Gasteiger charge is -2.16. The Morgan fingerprint density at radius 3 is 2.81 bits per heavy atom. The normalized spacial score (nSPS) is 15.6. The van der Waals surface area contributed by atoms with Crippen LogP contribution in [-0.2, 0) is 0 Å². The van der Waals surface area contributed by atoms with E-state index in [1.165, 1.54) is 22.4 Å². The molecule has 82 valence electrons. The maximum atomic E-state index is 3.42. The van der Waals surface area contributed by atoms with Gasteiger partial charge in [0, 0.05) is 17.8 Å². The van der Waals surface area contributed by atoms with Gasteiger partial charge in [0.1, 0.15) is 0 Å². The third-order valence-electron chi connectivity index (χ3n) is 2.69. The van der Waals surface area contributed by atoms with Crippen LogP contribution in [0.2, 0.25) is 0 Å². The molecule has 1 aromatic rings. The molecule has 1 aliphatic rings. The molecule has 1 aromatic carbocycles. The molecule has 0 fully saturated rings. The fourth-order valence-corrected chi connectivity index (χ4v) is 1.90. The van der Waals surface area contributed by atoms with Crippen molar-refractivity contribution >= 4 is 11.8 Å². The summed E-state index contributed by atoms with van der Waals surface area (Å²) in [6.07, 6.45) is 8.62. The summed E-state index contributed by atoms with van der Waals surface area (Å²) in [6, 6.07) is 8.46. The summed E-state index contributed by atoms with van der Waals surface area (Å²) in [6.45, 7) is 5.10. The van der Waals surface area contributed by atoms with Gasteiger partial charge in [-0.2, -0.15) is 0 Å². The van der Waals surface area contributed by atoms with Gasteiger partial charge in [-0.15, -0.1) is 0 Å². The first-order valence-corrected chi connectivity index (χ1v) is 5.65. The first kappa shape index (κ1) is 10.7. The van der Waals surface area contributed by atoms with Crippen LogP contribution in [0.4, 0.5) is 0 Å². The Morgan fingerprint density at radius 1 is 1.25 bits per heavy atom. The maximum Gasteiger partial charge on any atom is 0.0424 e. The Labute approximate surface area is 97.2 Å². The molecule has 0 amide bonds. The summed E-state index contributed by atoms with van der Waals surface area (Å²) in [7, 11) is 0. The van der Waals surface area contributed by atoms with Gasteiger partial charge in [0.2, 0.25) is 0 Å². The molecular formula is C15H17N. The second-order valence-corrected chi connectivity index (χ2v) is 3.97. The van der Waals surface area contributed by atoms with E-state index in [0.717, 1.165) is 6.54 Å². The van der Waals surface area contributed by atoms with Crippen LogP contribution in [0.15, 0.2) is 48.1 Å². The van der Waals surface area contributed by atoms with E-state index in [1.54, 1.807) is 0 Å². The van der Waals surface area contributed by atoms with E-state index in [9.17, 15) is 0 Å². The van der Waals surface area contributed by atoms with E-state index in [-0.39, 0.29) is 0 Å². The quantitative estimate of drug-likeness (QED) is 0.788. The van der Waals surface area contributed by atoms with Gasteiger partial charge in [-0.3, -0.25) is 0 Å². The summed E-state index contributed by atoms with van der Waals surface area (Å²) in [5.41, 5.74) is 5.07. The minimum absolute atomic E-state index is 0.918. The van der Waals surface area contributed by atoms with Gasteiger partial charge >= 0.3 is 0 Å². The number of hydrogen-bond donors (Lipinski definition) is 1. The molecule has 1 heteroatoms. The molecule has 0 aliphatic carbocycles. The molecule has 0 aromatic heterocycles. The van der Waals surface area contributed by atoms with Crippen LogP contribution in [-0.4, -0.2) is 6.54 Å². The maximum absolute atomic E-state index is 3.42.